The Morgan fingerprint density at radius 3 is 2.41 bits per heavy atom. The summed E-state index contributed by atoms with van der Waals surface area (Å²) in [5.74, 6) is 1.35. The number of rotatable bonds is 4. The molecule has 2 aromatic rings. The minimum absolute atomic E-state index is 0.233. The van der Waals surface area contributed by atoms with Gasteiger partial charge in [0.1, 0.15) is 5.75 Å². The van der Waals surface area contributed by atoms with Crippen molar-refractivity contribution in [1.29, 1.82) is 0 Å². The maximum absolute atomic E-state index is 12.6. The zero-order valence-corrected chi connectivity index (χ0v) is 16.1. The van der Waals surface area contributed by atoms with Crippen molar-refractivity contribution in [2.45, 2.75) is 31.7 Å². The molecule has 2 atom stereocenters. The van der Waals surface area contributed by atoms with Crippen molar-refractivity contribution in [2.75, 3.05) is 37.7 Å². The number of hydrogen-bond donors (Lipinski definition) is 1. The Hall–Kier alpha value is -2.39. The zero-order valence-electron chi connectivity index (χ0n) is 16.1. The molecule has 29 heavy (non-hydrogen) atoms. The van der Waals surface area contributed by atoms with Crippen molar-refractivity contribution < 1.29 is 23.0 Å². The minimum atomic E-state index is -4.73. The van der Waals surface area contributed by atoms with E-state index >= 15 is 0 Å². The number of anilines is 1. The van der Waals surface area contributed by atoms with Crippen LogP contribution < -0.4 is 9.64 Å². The summed E-state index contributed by atoms with van der Waals surface area (Å²) >= 11 is 0. The Morgan fingerprint density at radius 2 is 1.76 bits per heavy atom. The van der Waals surface area contributed by atoms with Crippen molar-refractivity contribution in [3.05, 3.63) is 47.3 Å². The van der Waals surface area contributed by atoms with E-state index < -0.39 is 12.3 Å². The number of piperazine rings is 1. The van der Waals surface area contributed by atoms with Gasteiger partial charge in [-0.3, -0.25) is 4.90 Å². The summed E-state index contributed by atoms with van der Waals surface area (Å²) in [6.45, 7) is 5.82. The molecule has 0 amide bonds. The SMILES string of the molecule is CC(c1ccc2c(c1)OCC2)N1CCN(c2ncc(C(O)C(F)(F)F)cn2)CC1. The monoisotopic (exact) mass is 408 g/mol. The molecule has 0 bridgehead atoms. The van der Waals surface area contributed by atoms with Crippen molar-refractivity contribution in [1.82, 2.24) is 14.9 Å². The smallest absolute Gasteiger partial charge is 0.418 e. The van der Waals surface area contributed by atoms with Gasteiger partial charge >= 0.3 is 6.18 Å². The van der Waals surface area contributed by atoms with Crippen molar-refractivity contribution in [3.8, 4) is 5.75 Å². The summed E-state index contributed by atoms with van der Waals surface area (Å²) in [4.78, 5) is 12.3. The third-order valence-corrected chi connectivity index (χ3v) is 5.63. The third-order valence-electron chi connectivity index (χ3n) is 5.63. The van der Waals surface area contributed by atoms with Crippen molar-refractivity contribution in [2.24, 2.45) is 0 Å². The van der Waals surface area contributed by atoms with Crippen LogP contribution in [0, 0.1) is 0 Å². The van der Waals surface area contributed by atoms with Gasteiger partial charge in [0, 0.05) is 56.6 Å². The minimum Gasteiger partial charge on any atom is -0.493 e. The maximum Gasteiger partial charge on any atom is 0.418 e. The summed E-state index contributed by atoms with van der Waals surface area (Å²) in [5, 5.41) is 9.29. The Bertz CT molecular complexity index is 852. The first-order valence-electron chi connectivity index (χ1n) is 9.64. The highest BCUT2D eigenvalue weighted by molar-refractivity contribution is 5.41. The van der Waals surface area contributed by atoms with Crippen LogP contribution in [0.2, 0.25) is 0 Å². The van der Waals surface area contributed by atoms with Crippen LogP contribution in [0.1, 0.15) is 35.8 Å². The first kappa shape index (κ1) is 19.9. The fourth-order valence-electron chi connectivity index (χ4n) is 3.79. The first-order valence-corrected chi connectivity index (χ1v) is 9.64. The largest absolute Gasteiger partial charge is 0.493 e. The zero-order chi connectivity index (χ0) is 20.6. The van der Waals surface area contributed by atoms with Crippen LogP contribution in [0.3, 0.4) is 0 Å². The number of aliphatic hydroxyl groups is 1. The van der Waals surface area contributed by atoms with Gasteiger partial charge in [-0.15, -0.1) is 0 Å². The second kappa shape index (κ2) is 7.79. The molecule has 0 aliphatic carbocycles. The molecule has 1 aromatic heterocycles. The van der Waals surface area contributed by atoms with Gasteiger partial charge in [0.05, 0.1) is 6.61 Å². The predicted molar refractivity (Wildman–Crippen MR) is 101 cm³/mol. The highest BCUT2D eigenvalue weighted by Gasteiger charge is 2.40. The normalized spacial score (nSPS) is 19.6. The van der Waals surface area contributed by atoms with Gasteiger partial charge < -0.3 is 14.7 Å². The molecule has 1 saturated heterocycles. The second-order valence-electron chi connectivity index (χ2n) is 7.43. The summed E-state index contributed by atoms with van der Waals surface area (Å²) < 4.78 is 43.4. The van der Waals surface area contributed by atoms with E-state index in [1.54, 1.807) is 0 Å². The molecule has 3 heterocycles. The molecular weight excluding hydrogens is 385 g/mol. The lowest BCUT2D eigenvalue weighted by atomic mass is 10.0. The number of hydrogen-bond acceptors (Lipinski definition) is 6. The molecular formula is C20H23F3N4O2. The van der Waals surface area contributed by atoms with Crippen LogP contribution >= 0.6 is 0 Å². The van der Waals surface area contributed by atoms with E-state index in [2.05, 4.69) is 40.0 Å². The summed E-state index contributed by atoms with van der Waals surface area (Å²) in [7, 11) is 0. The standard InChI is InChI=1S/C20H23F3N4O2/c1-13(15-3-2-14-4-9-29-17(14)10-15)26-5-7-27(8-6-26)19-24-11-16(12-25-19)18(28)20(21,22)23/h2-3,10-13,18,28H,4-9H2,1H3. The first-order chi connectivity index (χ1) is 13.8. The highest BCUT2D eigenvalue weighted by Crippen LogP contribution is 2.33. The summed E-state index contributed by atoms with van der Waals surface area (Å²) in [5.41, 5.74) is 2.11. The lowest BCUT2D eigenvalue weighted by Crippen LogP contribution is -2.47. The molecule has 1 N–H and O–H groups in total. The van der Waals surface area contributed by atoms with Gasteiger partial charge in [-0.2, -0.15) is 13.2 Å². The van der Waals surface area contributed by atoms with Gasteiger partial charge in [-0.05, 0) is 24.1 Å². The number of benzene rings is 1. The molecule has 1 fully saturated rings. The Balaban J connectivity index is 1.37. The number of fused-ring (bicyclic) bond motifs is 1. The average molecular weight is 408 g/mol. The molecule has 0 spiro atoms. The number of alkyl halides is 3. The lowest BCUT2D eigenvalue weighted by Gasteiger charge is -2.38. The van der Waals surface area contributed by atoms with Gasteiger partial charge in [0.15, 0.2) is 6.10 Å². The number of aliphatic hydroxyl groups excluding tert-OH is 1. The molecule has 0 radical (unpaired) electrons. The topological polar surface area (TPSA) is 61.7 Å². The van der Waals surface area contributed by atoms with Gasteiger partial charge in [-0.1, -0.05) is 12.1 Å². The number of halogens is 3. The lowest BCUT2D eigenvalue weighted by molar-refractivity contribution is -0.206. The Morgan fingerprint density at radius 1 is 1.07 bits per heavy atom. The predicted octanol–water partition coefficient (Wildman–Crippen LogP) is 2.89. The van der Waals surface area contributed by atoms with Crippen molar-refractivity contribution >= 4 is 5.95 Å². The molecule has 2 unspecified atom stereocenters. The van der Waals surface area contributed by atoms with Crippen molar-refractivity contribution in [3.63, 3.8) is 0 Å². The summed E-state index contributed by atoms with van der Waals surface area (Å²) in [6, 6.07) is 6.64. The second-order valence-corrected chi connectivity index (χ2v) is 7.43. The fraction of sp³-hybridized carbons (Fsp3) is 0.500. The molecule has 4 rings (SSSR count). The molecule has 156 valence electrons. The van der Waals surface area contributed by atoms with E-state index in [9.17, 15) is 18.3 Å². The van der Waals surface area contributed by atoms with E-state index in [4.69, 9.17) is 4.74 Å². The Kier molecular flexibility index (Phi) is 5.35. The van der Waals surface area contributed by atoms with Crippen LogP contribution in [0.25, 0.3) is 0 Å². The molecule has 0 saturated carbocycles. The van der Waals surface area contributed by atoms with Crippen LogP contribution in [0.5, 0.6) is 5.75 Å². The van der Waals surface area contributed by atoms with E-state index in [-0.39, 0.29) is 11.6 Å². The van der Waals surface area contributed by atoms with Crippen LogP contribution in [0.15, 0.2) is 30.6 Å². The average Bonchev–Trinajstić information content (AvgIpc) is 3.20. The maximum atomic E-state index is 12.6. The van der Waals surface area contributed by atoms with E-state index in [0.717, 1.165) is 44.3 Å². The van der Waals surface area contributed by atoms with Gasteiger partial charge in [0.25, 0.3) is 0 Å². The highest BCUT2D eigenvalue weighted by atomic mass is 19.4. The van der Waals surface area contributed by atoms with Crippen LogP contribution in [-0.4, -0.2) is 58.9 Å². The molecule has 1 aromatic carbocycles. The molecule has 2 aliphatic heterocycles. The number of ether oxygens (including phenoxy) is 1. The van der Waals surface area contributed by atoms with Crippen LogP contribution in [0.4, 0.5) is 19.1 Å². The fourth-order valence-corrected chi connectivity index (χ4v) is 3.79. The molecule has 9 heteroatoms. The van der Waals surface area contributed by atoms with E-state index in [1.165, 1.54) is 11.1 Å². The van der Waals surface area contributed by atoms with E-state index in [1.807, 2.05) is 4.90 Å². The third kappa shape index (κ3) is 4.16. The number of nitrogens with zero attached hydrogens (tertiary/aromatic N) is 4. The van der Waals surface area contributed by atoms with E-state index in [0.29, 0.717) is 19.0 Å². The summed E-state index contributed by atoms with van der Waals surface area (Å²) in [6.07, 6.45) is -4.25. The van der Waals surface area contributed by atoms with Gasteiger partial charge in [-0.25, -0.2) is 9.97 Å². The molecule has 6 nitrogen and oxygen atoms in total. The molecule has 2 aliphatic rings. The van der Waals surface area contributed by atoms with Crippen LogP contribution in [-0.2, 0) is 6.42 Å². The van der Waals surface area contributed by atoms with Gasteiger partial charge in [0.2, 0.25) is 5.95 Å². The number of aromatic nitrogens is 2. The quantitative estimate of drug-likeness (QED) is 0.840. The Labute approximate surface area is 166 Å².